The molecule has 3 rings (SSSR count). The van der Waals surface area contributed by atoms with Gasteiger partial charge in [-0.3, -0.25) is 9.97 Å². The van der Waals surface area contributed by atoms with Gasteiger partial charge in [-0.15, -0.1) is 0 Å². The van der Waals surface area contributed by atoms with E-state index in [2.05, 4.69) is 9.97 Å². The van der Waals surface area contributed by atoms with Crippen molar-refractivity contribution in [1.29, 1.82) is 0 Å². The molecular weight excluding hydrogens is 329 g/mol. The molecule has 2 aromatic heterocycles. The van der Waals surface area contributed by atoms with Crippen LogP contribution in [0.1, 0.15) is 17.0 Å². The van der Waals surface area contributed by atoms with Crippen molar-refractivity contribution in [2.24, 2.45) is 0 Å². The number of rotatable bonds is 4. The predicted molar refractivity (Wildman–Crippen MR) is 88.3 cm³/mol. The van der Waals surface area contributed by atoms with Crippen molar-refractivity contribution in [3.8, 4) is 16.9 Å². The van der Waals surface area contributed by atoms with Crippen LogP contribution in [0.5, 0.6) is 5.75 Å². The highest BCUT2D eigenvalue weighted by Crippen LogP contribution is 2.32. The third kappa shape index (κ3) is 3.79. The molecule has 0 bridgehead atoms. The minimum atomic E-state index is -4.44. The molecule has 2 heterocycles. The molecule has 1 aromatic carbocycles. The molecule has 0 N–H and O–H groups in total. The van der Waals surface area contributed by atoms with Crippen molar-refractivity contribution in [2.45, 2.75) is 12.6 Å². The van der Waals surface area contributed by atoms with E-state index in [0.717, 1.165) is 22.9 Å². The van der Waals surface area contributed by atoms with Crippen LogP contribution in [0.3, 0.4) is 0 Å². The van der Waals surface area contributed by atoms with Gasteiger partial charge in [0, 0.05) is 29.9 Å². The maximum absolute atomic E-state index is 12.6. The molecule has 0 fully saturated rings. The van der Waals surface area contributed by atoms with Gasteiger partial charge in [0.25, 0.3) is 0 Å². The Bertz CT molecular complexity index is 861. The molecule has 6 heteroatoms. The van der Waals surface area contributed by atoms with Crippen LogP contribution < -0.4 is 4.74 Å². The van der Waals surface area contributed by atoms with Gasteiger partial charge in [0.2, 0.25) is 0 Å². The van der Waals surface area contributed by atoms with Crippen molar-refractivity contribution in [3.05, 3.63) is 77.9 Å². The number of alkyl halides is 3. The van der Waals surface area contributed by atoms with E-state index < -0.39 is 11.9 Å². The highest BCUT2D eigenvalue weighted by atomic mass is 19.4. The molecule has 0 amide bonds. The first-order chi connectivity index (χ1) is 12.0. The Balaban J connectivity index is 1.94. The second kappa shape index (κ2) is 6.93. The summed E-state index contributed by atoms with van der Waals surface area (Å²) in [5.41, 5.74) is 2.26. The SMILES string of the molecule is COc1ccccc1-c1cccnc1Cc1ccc(C(F)(F)F)nc1. The number of hydrogen-bond acceptors (Lipinski definition) is 3. The summed E-state index contributed by atoms with van der Waals surface area (Å²) in [5, 5.41) is 0. The Morgan fingerprint density at radius 3 is 2.36 bits per heavy atom. The van der Waals surface area contributed by atoms with E-state index in [1.54, 1.807) is 13.3 Å². The van der Waals surface area contributed by atoms with E-state index in [4.69, 9.17) is 4.74 Å². The zero-order valence-electron chi connectivity index (χ0n) is 13.4. The van der Waals surface area contributed by atoms with Gasteiger partial charge < -0.3 is 4.74 Å². The van der Waals surface area contributed by atoms with E-state index in [9.17, 15) is 13.2 Å². The minimum Gasteiger partial charge on any atom is -0.496 e. The number of aromatic nitrogens is 2. The van der Waals surface area contributed by atoms with Crippen LogP contribution in [0.15, 0.2) is 60.9 Å². The lowest BCUT2D eigenvalue weighted by Crippen LogP contribution is -2.08. The van der Waals surface area contributed by atoms with Crippen LogP contribution in [-0.2, 0) is 12.6 Å². The summed E-state index contributed by atoms with van der Waals surface area (Å²) in [7, 11) is 1.59. The summed E-state index contributed by atoms with van der Waals surface area (Å²) >= 11 is 0. The number of benzene rings is 1. The van der Waals surface area contributed by atoms with Crippen LogP contribution in [0.4, 0.5) is 13.2 Å². The number of methoxy groups -OCH3 is 1. The van der Waals surface area contributed by atoms with Crippen molar-refractivity contribution in [1.82, 2.24) is 9.97 Å². The molecule has 0 unspecified atom stereocenters. The summed E-state index contributed by atoms with van der Waals surface area (Å²) in [4.78, 5) is 7.90. The fraction of sp³-hybridized carbons (Fsp3) is 0.158. The molecule has 0 radical (unpaired) electrons. The zero-order chi connectivity index (χ0) is 17.9. The lowest BCUT2D eigenvalue weighted by atomic mass is 9.99. The molecule has 25 heavy (non-hydrogen) atoms. The number of pyridine rings is 2. The predicted octanol–water partition coefficient (Wildman–Crippen LogP) is 4.76. The number of para-hydroxylation sites is 1. The summed E-state index contributed by atoms with van der Waals surface area (Å²) in [6.07, 6.45) is -1.17. The van der Waals surface area contributed by atoms with Gasteiger partial charge in [-0.05, 0) is 23.8 Å². The van der Waals surface area contributed by atoms with Gasteiger partial charge in [0.05, 0.1) is 12.8 Å². The van der Waals surface area contributed by atoms with E-state index in [-0.39, 0.29) is 0 Å². The highest BCUT2D eigenvalue weighted by Gasteiger charge is 2.32. The smallest absolute Gasteiger partial charge is 0.433 e. The molecule has 0 spiro atoms. The third-order valence-electron chi connectivity index (χ3n) is 3.77. The monoisotopic (exact) mass is 344 g/mol. The van der Waals surface area contributed by atoms with Crippen molar-refractivity contribution in [2.75, 3.05) is 7.11 Å². The van der Waals surface area contributed by atoms with Crippen LogP contribution in [0.2, 0.25) is 0 Å². The molecule has 0 aliphatic rings. The largest absolute Gasteiger partial charge is 0.496 e. The van der Waals surface area contributed by atoms with Crippen molar-refractivity contribution < 1.29 is 17.9 Å². The molecule has 0 saturated carbocycles. The van der Waals surface area contributed by atoms with Crippen LogP contribution in [0.25, 0.3) is 11.1 Å². The van der Waals surface area contributed by atoms with Crippen molar-refractivity contribution in [3.63, 3.8) is 0 Å². The van der Waals surface area contributed by atoms with Crippen LogP contribution >= 0.6 is 0 Å². The van der Waals surface area contributed by atoms with E-state index in [1.807, 2.05) is 36.4 Å². The molecule has 3 nitrogen and oxygen atoms in total. The Labute approximate surface area is 143 Å². The maximum Gasteiger partial charge on any atom is 0.433 e. The Morgan fingerprint density at radius 2 is 1.68 bits per heavy atom. The topological polar surface area (TPSA) is 35.0 Å². The zero-order valence-corrected chi connectivity index (χ0v) is 13.4. The first-order valence-electron chi connectivity index (χ1n) is 7.58. The molecule has 0 saturated heterocycles. The Kier molecular flexibility index (Phi) is 4.70. The summed E-state index contributed by atoms with van der Waals surface area (Å²) in [6, 6.07) is 13.7. The number of ether oxygens (including phenoxy) is 1. The number of nitrogens with zero attached hydrogens (tertiary/aromatic N) is 2. The maximum atomic E-state index is 12.6. The van der Waals surface area contributed by atoms with Crippen LogP contribution in [-0.4, -0.2) is 17.1 Å². The van der Waals surface area contributed by atoms with Gasteiger partial charge in [-0.25, -0.2) is 0 Å². The first-order valence-corrected chi connectivity index (χ1v) is 7.58. The summed E-state index contributed by atoms with van der Waals surface area (Å²) in [6.45, 7) is 0. The first kappa shape index (κ1) is 17.0. The lowest BCUT2D eigenvalue weighted by molar-refractivity contribution is -0.141. The normalized spacial score (nSPS) is 11.4. The summed E-state index contributed by atoms with van der Waals surface area (Å²) in [5.74, 6) is 0.710. The highest BCUT2D eigenvalue weighted by molar-refractivity contribution is 5.72. The number of halogens is 3. The number of hydrogen-bond donors (Lipinski definition) is 0. The van der Waals surface area contributed by atoms with Crippen molar-refractivity contribution >= 4 is 0 Å². The van der Waals surface area contributed by atoms with Crippen LogP contribution in [0, 0.1) is 0 Å². The van der Waals surface area contributed by atoms with Gasteiger partial charge in [-0.1, -0.05) is 30.3 Å². The third-order valence-corrected chi connectivity index (χ3v) is 3.77. The Hall–Kier alpha value is -2.89. The molecule has 0 aliphatic heterocycles. The van der Waals surface area contributed by atoms with Gasteiger partial charge in [-0.2, -0.15) is 13.2 Å². The lowest BCUT2D eigenvalue weighted by Gasteiger charge is -2.12. The van der Waals surface area contributed by atoms with Gasteiger partial charge >= 0.3 is 6.18 Å². The molecule has 3 aromatic rings. The average Bonchev–Trinajstić information content (AvgIpc) is 2.62. The second-order valence-electron chi connectivity index (χ2n) is 5.42. The van der Waals surface area contributed by atoms with E-state index >= 15 is 0 Å². The fourth-order valence-corrected chi connectivity index (χ4v) is 2.58. The van der Waals surface area contributed by atoms with E-state index in [1.165, 1.54) is 12.3 Å². The van der Waals surface area contributed by atoms with E-state index in [0.29, 0.717) is 17.7 Å². The standard InChI is InChI=1S/C19H15F3N2O/c1-25-17-7-3-2-5-15(17)14-6-4-10-23-16(14)11-13-8-9-18(24-12-13)19(20,21)22/h2-10,12H,11H2,1H3. The molecule has 128 valence electrons. The van der Waals surface area contributed by atoms with Gasteiger partial charge in [0.15, 0.2) is 0 Å². The second-order valence-corrected chi connectivity index (χ2v) is 5.42. The fourth-order valence-electron chi connectivity index (χ4n) is 2.58. The Morgan fingerprint density at radius 1 is 0.920 bits per heavy atom. The molecule has 0 atom stereocenters. The summed E-state index contributed by atoms with van der Waals surface area (Å²) < 4.78 is 43.3. The quantitative estimate of drug-likeness (QED) is 0.684. The molecule has 0 aliphatic carbocycles. The molecular formula is C19H15F3N2O. The van der Waals surface area contributed by atoms with Gasteiger partial charge in [0.1, 0.15) is 11.4 Å². The average molecular weight is 344 g/mol. The minimum absolute atomic E-state index is 0.374.